The van der Waals surface area contributed by atoms with Gasteiger partial charge in [0.1, 0.15) is 5.54 Å². The zero-order valence-corrected chi connectivity index (χ0v) is 12.5. The Hall–Kier alpha value is -2.58. The molecular formula is C12H18N4O5. The highest BCUT2D eigenvalue weighted by Gasteiger charge is 2.35. The van der Waals surface area contributed by atoms with E-state index in [1.807, 2.05) is 0 Å². The van der Waals surface area contributed by atoms with Gasteiger partial charge in [0.25, 0.3) is 0 Å². The fourth-order valence-corrected chi connectivity index (χ4v) is 1.25. The lowest BCUT2D eigenvalue weighted by Crippen LogP contribution is -2.52. The first-order valence-electron chi connectivity index (χ1n) is 5.97. The van der Waals surface area contributed by atoms with Crippen LogP contribution in [0.15, 0.2) is 6.07 Å². The molecule has 0 saturated heterocycles. The second-order valence-corrected chi connectivity index (χ2v) is 4.63. The molecular weight excluding hydrogens is 280 g/mol. The van der Waals surface area contributed by atoms with Gasteiger partial charge in [0.15, 0.2) is 0 Å². The van der Waals surface area contributed by atoms with E-state index in [0.717, 1.165) is 4.90 Å². The Labute approximate surface area is 121 Å². The number of hydrogen-bond donors (Lipinski definition) is 2. The summed E-state index contributed by atoms with van der Waals surface area (Å²) in [5.74, 6) is -0.775. The predicted octanol–water partition coefficient (Wildman–Crippen LogP) is 0.821. The minimum atomic E-state index is -1.38. The van der Waals surface area contributed by atoms with Crippen LogP contribution >= 0.6 is 0 Å². The summed E-state index contributed by atoms with van der Waals surface area (Å²) >= 11 is 0. The van der Waals surface area contributed by atoms with E-state index in [1.165, 1.54) is 41.2 Å². The summed E-state index contributed by atoms with van der Waals surface area (Å²) in [5, 5.41) is 11.5. The van der Waals surface area contributed by atoms with Crippen molar-refractivity contribution >= 4 is 17.9 Å². The summed E-state index contributed by atoms with van der Waals surface area (Å²) in [5.41, 5.74) is -1.38. The topological polar surface area (TPSA) is 114 Å². The van der Waals surface area contributed by atoms with Crippen molar-refractivity contribution in [3.63, 3.8) is 0 Å². The van der Waals surface area contributed by atoms with Gasteiger partial charge in [-0.3, -0.25) is 5.32 Å². The Bertz CT molecular complexity index is 524. The van der Waals surface area contributed by atoms with Gasteiger partial charge in [-0.15, -0.1) is 0 Å². The van der Waals surface area contributed by atoms with Crippen molar-refractivity contribution in [3.8, 4) is 11.8 Å². The fourth-order valence-electron chi connectivity index (χ4n) is 1.25. The number of hydrogen-bond acceptors (Lipinski definition) is 6. The maximum Gasteiger partial charge on any atom is 0.329 e. The third-order valence-corrected chi connectivity index (χ3v) is 2.98. The summed E-state index contributed by atoms with van der Waals surface area (Å²) in [6.45, 7) is 2.81. The number of rotatable bonds is 5. The molecule has 0 radical (unpaired) electrons. The number of nitrogens with zero attached hydrogens (tertiary/aromatic N) is 3. The molecule has 9 heteroatoms. The van der Waals surface area contributed by atoms with Crippen LogP contribution in [-0.2, 0) is 4.79 Å². The molecule has 1 rings (SSSR count). The molecule has 21 heavy (non-hydrogen) atoms. The minimum absolute atomic E-state index is 0.0516. The van der Waals surface area contributed by atoms with E-state index >= 15 is 0 Å². The Morgan fingerprint density at radius 1 is 1.24 bits per heavy atom. The van der Waals surface area contributed by atoms with Crippen molar-refractivity contribution in [3.05, 3.63) is 6.07 Å². The van der Waals surface area contributed by atoms with Gasteiger partial charge >= 0.3 is 12.0 Å². The van der Waals surface area contributed by atoms with E-state index in [-0.39, 0.29) is 17.7 Å². The number of aliphatic carboxylic acids is 1. The van der Waals surface area contributed by atoms with Crippen molar-refractivity contribution in [1.82, 2.24) is 14.9 Å². The van der Waals surface area contributed by atoms with Gasteiger partial charge in [0, 0.05) is 7.05 Å². The van der Waals surface area contributed by atoms with Crippen LogP contribution in [0.5, 0.6) is 11.8 Å². The van der Waals surface area contributed by atoms with Crippen molar-refractivity contribution in [2.45, 2.75) is 19.4 Å². The van der Waals surface area contributed by atoms with Gasteiger partial charge in [0.05, 0.1) is 20.3 Å². The zero-order valence-electron chi connectivity index (χ0n) is 12.5. The van der Waals surface area contributed by atoms with E-state index in [2.05, 4.69) is 15.3 Å². The summed E-state index contributed by atoms with van der Waals surface area (Å²) < 4.78 is 9.91. The number of carbonyl (C=O) groups is 2. The number of carboxylic acid groups (broad SMARTS) is 1. The maximum atomic E-state index is 12.1. The van der Waals surface area contributed by atoms with Crippen molar-refractivity contribution in [1.29, 1.82) is 0 Å². The number of methoxy groups -OCH3 is 2. The van der Waals surface area contributed by atoms with Crippen LogP contribution in [0.2, 0.25) is 0 Å². The molecule has 0 unspecified atom stereocenters. The largest absolute Gasteiger partial charge is 0.481 e. The Kier molecular flexibility index (Phi) is 4.90. The Balaban J connectivity index is 2.95. The van der Waals surface area contributed by atoms with Gasteiger partial charge in [-0.25, -0.2) is 9.59 Å². The second kappa shape index (κ2) is 6.25. The Morgan fingerprint density at radius 2 is 1.71 bits per heavy atom. The van der Waals surface area contributed by atoms with Gasteiger partial charge in [-0.2, -0.15) is 9.97 Å². The number of likely N-dealkylation sites (N-methyl/N-ethyl adjacent to an activating group) is 1. The van der Waals surface area contributed by atoms with E-state index in [9.17, 15) is 9.59 Å². The molecule has 0 aliphatic rings. The first kappa shape index (κ1) is 16.5. The molecule has 1 aromatic heterocycles. The summed E-state index contributed by atoms with van der Waals surface area (Å²) in [4.78, 5) is 32.1. The van der Waals surface area contributed by atoms with Crippen LogP contribution < -0.4 is 14.8 Å². The third kappa shape index (κ3) is 3.71. The number of amides is 2. The highest BCUT2D eigenvalue weighted by atomic mass is 16.5. The molecule has 0 saturated carbocycles. The lowest BCUT2D eigenvalue weighted by atomic mass is 10.1. The summed E-state index contributed by atoms with van der Waals surface area (Å²) in [6, 6.07) is 0.776. The van der Waals surface area contributed by atoms with E-state index in [1.54, 1.807) is 0 Å². The third-order valence-electron chi connectivity index (χ3n) is 2.98. The molecule has 116 valence electrons. The first-order chi connectivity index (χ1) is 9.72. The van der Waals surface area contributed by atoms with Crippen LogP contribution in [0.1, 0.15) is 13.8 Å². The van der Waals surface area contributed by atoms with E-state index < -0.39 is 17.5 Å². The summed E-state index contributed by atoms with van der Waals surface area (Å²) in [6.07, 6.45) is 0. The molecule has 0 atom stereocenters. The normalized spacial score (nSPS) is 10.7. The fraction of sp³-hybridized carbons (Fsp3) is 0.500. The average molecular weight is 298 g/mol. The highest BCUT2D eigenvalue weighted by Crippen LogP contribution is 2.19. The quantitative estimate of drug-likeness (QED) is 0.827. The van der Waals surface area contributed by atoms with Crippen LogP contribution in [0.3, 0.4) is 0 Å². The van der Waals surface area contributed by atoms with Crippen molar-refractivity contribution in [2.24, 2.45) is 0 Å². The average Bonchev–Trinajstić information content (AvgIpc) is 2.45. The molecule has 0 fully saturated rings. The van der Waals surface area contributed by atoms with Crippen molar-refractivity contribution in [2.75, 3.05) is 26.6 Å². The molecule has 0 aromatic carbocycles. The first-order valence-corrected chi connectivity index (χ1v) is 5.97. The molecule has 0 aliphatic heterocycles. The van der Waals surface area contributed by atoms with Crippen molar-refractivity contribution < 1.29 is 24.2 Å². The molecule has 1 heterocycles. The van der Waals surface area contributed by atoms with Crippen LogP contribution in [0.4, 0.5) is 10.7 Å². The standard InChI is InChI=1S/C12H18N4O5/c1-12(2,9(17)18)16(3)11(19)15-10-13-7(20-4)6-8(14-10)21-5/h6H,1-5H3,(H,17,18)(H,13,14,15,19). The molecule has 0 bridgehead atoms. The van der Waals surface area contributed by atoms with Gasteiger partial charge in [-0.05, 0) is 13.8 Å². The number of ether oxygens (including phenoxy) is 2. The van der Waals surface area contributed by atoms with Crippen LogP contribution in [0.25, 0.3) is 0 Å². The second-order valence-electron chi connectivity index (χ2n) is 4.63. The van der Waals surface area contributed by atoms with Crippen LogP contribution in [-0.4, -0.2) is 58.8 Å². The number of anilines is 1. The molecule has 1 aromatic rings. The molecule has 0 spiro atoms. The molecule has 9 nitrogen and oxygen atoms in total. The van der Waals surface area contributed by atoms with Crippen LogP contribution in [0, 0.1) is 0 Å². The lowest BCUT2D eigenvalue weighted by Gasteiger charge is -2.31. The number of carboxylic acids is 1. The smallest absolute Gasteiger partial charge is 0.329 e. The molecule has 0 aliphatic carbocycles. The predicted molar refractivity (Wildman–Crippen MR) is 73.6 cm³/mol. The number of urea groups is 1. The van der Waals surface area contributed by atoms with E-state index in [0.29, 0.717) is 0 Å². The minimum Gasteiger partial charge on any atom is -0.481 e. The SMILES string of the molecule is COc1cc(OC)nc(NC(=O)N(C)C(C)(C)C(=O)O)n1. The van der Waals surface area contributed by atoms with Gasteiger partial charge < -0.3 is 19.5 Å². The van der Waals surface area contributed by atoms with E-state index in [4.69, 9.17) is 14.6 Å². The molecule has 2 amide bonds. The maximum absolute atomic E-state index is 12.1. The zero-order chi connectivity index (χ0) is 16.2. The Morgan fingerprint density at radius 3 is 2.10 bits per heavy atom. The lowest BCUT2D eigenvalue weighted by molar-refractivity contribution is -0.146. The van der Waals surface area contributed by atoms with Gasteiger partial charge in [0.2, 0.25) is 17.7 Å². The van der Waals surface area contributed by atoms with Gasteiger partial charge in [-0.1, -0.05) is 0 Å². The number of nitrogens with one attached hydrogen (secondary N) is 1. The number of aromatic nitrogens is 2. The monoisotopic (exact) mass is 298 g/mol. The molecule has 2 N–H and O–H groups in total. The number of carbonyl (C=O) groups excluding carboxylic acids is 1. The highest BCUT2D eigenvalue weighted by molar-refractivity contribution is 5.92. The summed E-state index contributed by atoms with van der Waals surface area (Å²) in [7, 11) is 4.18.